The Balaban J connectivity index is 1.88. The average Bonchev–Trinajstić information content (AvgIpc) is 2.90. The fourth-order valence-corrected chi connectivity index (χ4v) is 3.04. The van der Waals surface area contributed by atoms with Crippen LogP contribution in [0.25, 0.3) is 22.3 Å². The highest BCUT2D eigenvalue weighted by Crippen LogP contribution is 2.26. The lowest BCUT2D eigenvalue weighted by Crippen LogP contribution is -2.22. The normalized spacial score (nSPS) is 11.3. The number of rotatable bonds is 3. The monoisotopic (exact) mass is 388 g/mol. The molecule has 4 aromatic rings. The van der Waals surface area contributed by atoms with Crippen molar-refractivity contribution in [3.63, 3.8) is 0 Å². The standard InChI is InChI=1S/C19H12F4N4O/c1-26-18-16(27(19(26)28)9-10-2-13(20)8-24-6-10)5-12(7-25-18)11-3-14(21)17(23)15(22)4-11/h2-8H,9H2,1H3. The van der Waals surface area contributed by atoms with E-state index in [1.165, 1.54) is 40.7 Å². The first-order chi connectivity index (χ1) is 13.3. The van der Waals surface area contributed by atoms with E-state index in [1.54, 1.807) is 0 Å². The zero-order valence-electron chi connectivity index (χ0n) is 14.5. The van der Waals surface area contributed by atoms with Gasteiger partial charge in [0.25, 0.3) is 0 Å². The first-order valence-corrected chi connectivity index (χ1v) is 8.15. The molecule has 28 heavy (non-hydrogen) atoms. The molecule has 0 saturated heterocycles. The maximum Gasteiger partial charge on any atom is 0.330 e. The molecule has 0 amide bonds. The van der Waals surface area contributed by atoms with Crippen molar-refractivity contribution in [3.8, 4) is 11.1 Å². The van der Waals surface area contributed by atoms with Gasteiger partial charge in [0.05, 0.1) is 18.3 Å². The van der Waals surface area contributed by atoms with Crippen molar-refractivity contribution >= 4 is 11.2 Å². The summed E-state index contributed by atoms with van der Waals surface area (Å²) in [5.74, 6) is -4.76. The highest BCUT2D eigenvalue weighted by molar-refractivity contribution is 5.79. The summed E-state index contributed by atoms with van der Waals surface area (Å²) in [6, 6.07) is 4.47. The van der Waals surface area contributed by atoms with Crippen LogP contribution < -0.4 is 5.69 Å². The van der Waals surface area contributed by atoms with E-state index in [9.17, 15) is 22.4 Å². The van der Waals surface area contributed by atoms with E-state index in [2.05, 4.69) is 9.97 Å². The molecule has 0 spiro atoms. The molecule has 0 radical (unpaired) electrons. The predicted octanol–water partition coefficient (Wildman–Crippen LogP) is 3.40. The van der Waals surface area contributed by atoms with E-state index in [0.29, 0.717) is 22.3 Å². The lowest BCUT2D eigenvalue weighted by molar-refractivity contribution is 0.447. The Morgan fingerprint density at radius 2 is 1.64 bits per heavy atom. The number of fused-ring (bicyclic) bond motifs is 1. The molecule has 3 aromatic heterocycles. The summed E-state index contributed by atoms with van der Waals surface area (Å²) in [4.78, 5) is 20.5. The number of nitrogens with zero attached hydrogens (tertiary/aromatic N) is 4. The van der Waals surface area contributed by atoms with Crippen molar-refractivity contribution in [2.24, 2.45) is 7.05 Å². The van der Waals surface area contributed by atoms with E-state index in [1.807, 2.05) is 0 Å². The van der Waals surface area contributed by atoms with Crippen molar-refractivity contribution in [2.45, 2.75) is 6.54 Å². The number of aryl methyl sites for hydroxylation is 1. The second-order valence-corrected chi connectivity index (χ2v) is 6.26. The van der Waals surface area contributed by atoms with Crippen LogP contribution in [0.3, 0.4) is 0 Å². The first kappa shape index (κ1) is 17.9. The van der Waals surface area contributed by atoms with Gasteiger partial charge < -0.3 is 0 Å². The van der Waals surface area contributed by atoms with E-state index in [4.69, 9.17) is 0 Å². The van der Waals surface area contributed by atoms with Gasteiger partial charge in [-0.1, -0.05) is 0 Å². The predicted molar refractivity (Wildman–Crippen MR) is 93.6 cm³/mol. The molecule has 1 aromatic carbocycles. The largest absolute Gasteiger partial charge is 0.330 e. The molecule has 0 bridgehead atoms. The minimum Gasteiger partial charge on any atom is -0.286 e. The maximum atomic E-state index is 13.6. The lowest BCUT2D eigenvalue weighted by Gasteiger charge is -2.06. The molecule has 0 aliphatic heterocycles. The smallest absolute Gasteiger partial charge is 0.286 e. The second-order valence-electron chi connectivity index (χ2n) is 6.26. The van der Waals surface area contributed by atoms with Crippen LogP contribution in [0.1, 0.15) is 5.56 Å². The average molecular weight is 388 g/mol. The van der Waals surface area contributed by atoms with Crippen molar-refractivity contribution in [1.29, 1.82) is 0 Å². The van der Waals surface area contributed by atoms with E-state index in [-0.39, 0.29) is 12.1 Å². The molecule has 3 heterocycles. The number of hydrogen-bond acceptors (Lipinski definition) is 3. The molecule has 0 aliphatic carbocycles. The third-order valence-corrected chi connectivity index (χ3v) is 4.39. The van der Waals surface area contributed by atoms with E-state index >= 15 is 0 Å². The van der Waals surface area contributed by atoms with Crippen LogP contribution in [0.4, 0.5) is 17.6 Å². The van der Waals surface area contributed by atoms with Gasteiger partial charge in [-0.25, -0.2) is 27.3 Å². The fraction of sp³-hybridized carbons (Fsp3) is 0.105. The number of pyridine rings is 2. The summed E-state index contributed by atoms with van der Waals surface area (Å²) in [5, 5.41) is 0. The van der Waals surface area contributed by atoms with Gasteiger partial charge in [-0.2, -0.15) is 0 Å². The minimum atomic E-state index is -1.56. The second kappa shape index (κ2) is 6.59. The van der Waals surface area contributed by atoms with Gasteiger partial charge in [-0.15, -0.1) is 0 Å². The van der Waals surface area contributed by atoms with Crippen molar-refractivity contribution < 1.29 is 17.6 Å². The Morgan fingerprint density at radius 3 is 2.32 bits per heavy atom. The molecule has 0 N–H and O–H groups in total. The van der Waals surface area contributed by atoms with Gasteiger partial charge >= 0.3 is 5.69 Å². The summed E-state index contributed by atoms with van der Waals surface area (Å²) in [5.41, 5.74) is 1.13. The van der Waals surface area contributed by atoms with Crippen LogP contribution in [0.2, 0.25) is 0 Å². The van der Waals surface area contributed by atoms with Crippen LogP contribution in [0.5, 0.6) is 0 Å². The summed E-state index contributed by atoms with van der Waals surface area (Å²) >= 11 is 0. The van der Waals surface area contributed by atoms with Gasteiger partial charge in [-0.3, -0.25) is 14.1 Å². The molecule has 0 fully saturated rings. The number of imidazole rings is 1. The van der Waals surface area contributed by atoms with Gasteiger partial charge in [0.1, 0.15) is 5.82 Å². The zero-order valence-corrected chi connectivity index (χ0v) is 14.5. The Kier molecular flexibility index (Phi) is 4.21. The van der Waals surface area contributed by atoms with Crippen LogP contribution in [-0.2, 0) is 13.6 Å². The summed E-state index contributed by atoms with van der Waals surface area (Å²) in [6.07, 6.45) is 3.81. The molecular weight excluding hydrogens is 376 g/mol. The minimum absolute atomic E-state index is 0.0260. The highest BCUT2D eigenvalue weighted by Gasteiger charge is 2.16. The maximum absolute atomic E-state index is 13.6. The van der Waals surface area contributed by atoms with Crippen LogP contribution in [0.15, 0.2) is 47.7 Å². The van der Waals surface area contributed by atoms with Gasteiger partial charge in [-0.05, 0) is 35.4 Å². The molecule has 4 rings (SSSR count). The zero-order chi connectivity index (χ0) is 20.0. The first-order valence-electron chi connectivity index (χ1n) is 8.15. The Labute approximate surface area is 155 Å². The topological polar surface area (TPSA) is 52.7 Å². The molecule has 142 valence electrons. The number of halogens is 4. The molecule has 0 aliphatic rings. The van der Waals surface area contributed by atoms with Crippen molar-refractivity contribution in [2.75, 3.05) is 0 Å². The number of aromatic nitrogens is 4. The lowest BCUT2D eigenvalue weighted by atomic mass is 10.1. The van der Waals surface area contributed by atoms with E-state index in [0.717, 1.165) is 18.3 Å². The fourth-order valence-electron chi connectivity index (χ4n) is 3.04. The van der Waals surface area contributed by atoms with Crippen LogP contribution in [-0.4, -0.2) is 19.1 Å². The molecule has 5 nitrogen and oxygen atoms in total. The van der Waals surface area contributed by atoms with Gasteiger partial charge in [0.2, 0.25) is 0 Å². The Hall–Kier alpha value is -3.49. The van der Waals surface area contributed by atoms with Crippen molar-refractivity contribution in [1.82, 2.24) is 19.1 Å². The number of benzene rings is 1. The number of hydrogen-bond donors (Lipinski definition) is 0. The molecule has 0 unspecified atom stereocenters. The van der Waals surface area contributed by atoms with Gasteiger partial charge in [0.15, 0.2) is 23.1 Å². The SMILES string of the molecule is Cn1c(=O)n(Cc2cncc(F)c2)c2cc(-c3cc(F)c(F)c(F)c3)cnc21. The van der Waals surface area contributed by atoms with E-state index < -0.39 is 29.0 Å². The molecular formula is C19H12F4N4O. The molecule has 9 heteroatoms. The summed E-state index contributed by atoms with van der Waals surface area (Å²) in [7, 11) is 1.52. The highest BCUT2D eigenvalue weighted by atomic mass is 19.2. The molecule has 0 saturated carbocycles. The Morgan fingerprint density at radius 1 is 0.929 bits per heavy atom. The molecule has 0 atom stereocenters. The van der Waals surface area contributed by atoms with Gasteiger partial charge in [0, 0.05) is 25.0 Å². The third-order valence-electron chi connectivity index (χ3n) is 4.39. The van der Waals surface area contributed by atoms with Crippen LogP contribution in [0, 0.1) is 23.3 Å². The summed E-state index contributed by atoms with van der Waals surface area (Å²) in [6.45, 7) is 0.0260. The Bertz CT molecular complexity index is 1260. The van der Waals surface area contributed by atoms with Crippen molar-refractivity contribution in [3.05, 3.63) is 82.2 Å². The quantitative estimate of drug-likeness (QED) is 0.399. The third kappa shape index (κ3) is 2.94. The van der Waals surface area contributed by atoms with Crippen LogP contribution >= 0.6 is 0 Å². The summed E-state index contributed by atoms with van der Waals surface area (Å²) < 4.78 is 56.4.